The van der Waals surface area contributed by atoms with Crippen LogP contribution in [-0.4, -0.2) is 42.0 Å². The number of rotatable bonds is 4. The highest BCUT2D eigenvalue weighted by Crippen LogP contribution is 2.03. The number of nitrogens with zero attached hydrogens (tertiary/aromatic N) is 2. The van der Waals surface area contributed by atoms with Gasteiger partial charge in [-0.2, -0.15) is 11.8 Å². The van der Waals surface area contributed by atoms with Crippen LogP contribution in [0.4, 0.5) is 0 Å². The van der Waals surface area contributed by atoms with Gasteiger partial charge in [-0.25, -0.2) is 0 Å². The molecule has 0 saturated heterocycles. The van der Waals surface area contributed by atoms with E-state index < -0.39 is 0 Å². The van der Waals surface area contributed by atoms with Crippen LogP contribution in [0.3, 0.4) is 0 Å². The second-order valence-electron chi connectivity index (χ2n) is 3.50. The molecule has 13 heavy (non-hydrogen) atoms. The fourth-order valence-corrected chi connectivity index (χ4v) is 1.64. The first-order valence-corrected chi connectivity index (χ1v) is 5.93. The van der Waals surface area contributed by atoms with Crippen LogP contribution in [0.15, 0.2) is 4.99 Å². The molecule has 0 aromatic carbocycles. The smallest absolute Gasteiger partial charge is 0.191 e. The molecule has 1 unspecified atom stereocenters. The van der Waals surface area contributed by atoms with Crippen molar-refractivity contribution in [3.63, 3.8) is 0 Å². The summed E-state index contributed by atoms with van der Waals surface area (Å²) >= 11 is 1.82. The molecule has 0 spiro atoms. The molecule has 0 heterocycles. The number of hydrogen-bond donors (Lipinski definition) is 1. The fourth-order valence-electron chi connectivity index (χ4n) is 0.934. The molecule has 0 bridgehead atoms. The lowest BCUT2D eigenvalue weighted by Gasteiger charge is -2.25. The summed E-state index contributed by atoms with van der Waals surface area (Å²) in [5, 5.41) is 0. The van der Waals surface area contributed by atoms with Gasteiger partial charge < -0.3 is 10.6 Å². The predicted molar refractivity (Wildman–Crippen MR) is 62.4 cm³/mol. The predicted octanol–water partition coefficient (Wildman–Crippen LogP) is 1.39. The number of aliphatic imine (C=N–C) groups is 1. The third-order valence-corrected chi connectivity index (χ3v) is 2.64. The van der Waals surface area contributed by atoms with Crippen LogP contribution in [0.1, 0.15) is 20.8 Å². The Hall–Kier alpha value is -0.380. The minimum atomic E-state index is 0.268. The zero-order valence-electron chi connectivity index (χ0n) is 9.24. The standard InChI is InChI=1S/C9H21N3S/c1-7(2)11-9(10)12(4)8(3)6-13-5/h7-8H,6H2,1-5H3,(H2,10,11). The first-order chi connectivity index (χ1) is 5.99. The summed E-state index contributed by atoms with van der Waals surface area (Å²) in [6.45, 7) is 6.21. The van der Waals surface area contributed by atoms with Crippen molar-refractivity contribution in [1.29, 1.82) is 0 Å². The molecule has 4 heteroatoms. The van der Waals surface area contributed by atoms with Gasteiger partial charge in [-0.15, -0.1) is 0 Å². The summed E-state index contributed by atoms with van der Waals surface area (Å²) in [6, 6.07) is 0.710. The Kier molecular flexibility index (Phi) is 5.95. The SMILES string of the molecule is CSCC(C)N(C)C(N)=NC(C)C. The third kappa shape index (κ3) is 5.03. The highest BCUT2D eigenvalue weighted by atomic mass is 32.2. The van der Waals surface area contributed by atoms with Crippen LogP contribution in [0.25, 0.3) is 0 Å². The molecule has 78 valence electrons. The van der Waals surface area contributed by atoms with Crippen molar-refractivity contribution < 1.29 is 0 Å². The summed E-state index contributed by atoms with van der Waals surface area (Å²) in [5.74, 6) is 1.71. The summed E-state index contributed by atoms with van der Waals surface area (Å²) in [4.78, 5) is 6.32. The van der Waals surface area contributed by atoms with Crippen LogP contribution < -0.4 is 5.73 Å². The molecule has 0 radical (unpaired) electrons. The van der Waals surface area contributed by atoms with Crippen LogP contribution >= 0.6 is 11.8 Å². The molecule has 0 rings (SSSR count). The fraction of sp³-hybridized carbons (Fsp3) is 0.889. The summed E-state index contributed by atoms with van der Waals surface area (Å²) in [6.07, 6.45) is 2.10. The highest BCUT2D eigenvalue weighted by molar-refractivity contribution is 7.98. The largest absolute Gasteiger partial charge is 0.370 e. The lowest BCUT2D eigenvalue weighted by Crippen LogP contribution is -2.42. The van der Waals surface area contributed by atoms with E-state index in [0.29, 0.717) is 12.0 Å². The van der Waals surface area contributed by atoms with Crippen molar-refractivity contribution in [3.05, 3.63) is 0 Å². The van der Waals surface area contributed by atoms with E-state index in [9.17, 15) is 0 Å². The highest BCUT2D eigenvalue weighted by Gasteiger charge is 2.10. The molecule has 3 nitrogen and oxygen atoms in total. The number of nitrogens with two attached hydrogens (primary N) is 1. The Morgan fingerprint density at radius 2 is 2.00 bits per heavy atom. The molecular weight excluding hydrogens is 182 g/mol. The third-order valence-electron chi connectivity index (χ3n) is 1.82. The maximum Gasteiger partial charge on any atom is 0.191 e. The molecule has 0 fully saturated rings. The Morgan fingerprint density at radius 1 is 1.46 bits per heavy atom. The Balaban J connectivity index is 4.15. The van der Waals surface area contributed by atoms with Crippen LogP contribution in [0.5, 0.6) is 0 Å². The molecule has 0 aromatic rings. The van der Waals surface area contributed by atoms with E-state index in [2.05, 4.69) is 18.2 Å². The van der Waals surface area contributed by atoms with Gasteiger partial charge >= 0.3 is 0 Å². The van der Waals surface area contributed by atoms with Gasteiger partial charge in [-0.05, 0) is 27.0 Å². The zero-order chi connectivity index (χ0) is 10.4. The van der Waals surface area contributed by atoms with Crippen LogP contribution in [0, 0.1) is 0 Å². The van der Waals surface area contributed by atoms with Crippen molar-refractivity contribution >= 4 is 17.7 Å². The van der Waals surface area contributed by atoms with Gasteiger partial charge in [0.15, 0.2) is 5.96 Å². The molecule has 2 N–H and O–H groups in total. The first-order valence-electron chi connectivity index (χ1n) is 4.54. The zero-order valence-corrected chi connectivity index (χ0v) is 10.1. The molecule has 0 aliphatic heterocycles. The number of hydrogen-bond acceptors (Lipinski definition) is 2. The maximum absolute atomic E-state index is 5.82. The summed E-state index contributed by atoms with van der Waals surface area (Å²) in [5.41, 5.74) is 5.82. The van der Waals surface area contributed by atoms with Crippen LogP contribution in [0.2, 0.25) is 0 Å². The molecular formula is C9H21N3S. The number of guanidine groups is 1. The van der Waals surface area contributed by atoms with E-state index in [-0.39, 0.29) is 6.04 Å². The van der Waals surface area contributed by atoms with E-state index in [1.165, 1.54) is 0 Å². The second-order valence-corrected chi connectivity index (χ2v) is 4.41. The van der Waals surface area contributed by atoms with E-state index >= 15 is 0 Å². The van der Waals surface area contributed by atoms with Gasteiger partial charge in [-0.3, -0.25) is 4.99 Å². The molecule has 0 saturated carbocycles. The van der Waals surface area contributed by atoms with E-state index in [0.717, 1.165) is 5.75 Å². The molecule has 0 aromatic heterocycles. The van der Waals surface area contributed by atoms with Crippen molar-refractivity contribution in [2.45, 2.75) is 32.9 Å². The lowest BCUT2D eigenvalue weighted by molar-refractivity contribution is 0.415. The van der Waals surface area contributed by atoms with Crippen molar-refractivity contribution in [1.82, 2.24) is 4.90 Å². The van der Waals surface area contributed by atoms with Gasteiger partial charge in [-0.1, -0.05) is 0 Å². The average Bonchev–Trinajstić information content (AvgIpc) is 2.02. The lowest BCUT2D eigenvalue weighted by atomic mass is 10.3. The molecule has 0 amide bonds. The van der Waals surface area contributed by atoms with Gasteiger partial charge in [0.2, 0.25) is 0 Å². The number of thioether (sulfide) groups is 1. The van der Waals surface area contributed by atoms with Gasteiger partial charge in [0.1, 0.15) is 0 Å². The van der Waals surface area contributed by atoms with Gasteiger partial charge in [0.25, 0.3) is 0 Å². The topological polar surface area (TPSA) is 41.6 Å². The van der Waals surface area contributed by atoms with Gasteiger partial charge in [0, 0.05) is 24.9 Å². The first kappa shape index (κ1) is 12.6. The summed E-state index contributed by atoms with van der Waals surface area (Å²) < 4.78 is 0. The quantitative estimate of drug-likeness (QED) is 0.554. The van der Waals surface area contributed by atoms with E-state index in [1.54, 1.807) is 0 Å². The van der Waals surface area contributed by atoms with E-state index in [1.807, 2.05) is 37.6 Å². The average molecular weight is 203 g/mol. The van der Waals surface area contributed by atoms with Crippen LogP contribution in [-0.2, 0) is 0 Å². The minimum Gasteiger partial charge on any atom is -0.370 e. The molecule has 1 atom stereocenters. The molecule has 0 aliphatic carbocycles. The van der Waals surface area contributed by atoms with Crippen molar-refractivity contribution in [3.8, 4) is 0 Å². The normalized spacial score (nSPS) is 14.8. The Morgan fingerprint density at radius 3 is 2.38 bits per heavy atom. The maximum atomic E-state index is 5.82. The summed E-state index contributed by atoms with van der Waals surface area (Å²) in [7, 11) is 1.99. The second kappa shape index (κ2) is 6.13. The van der Waals surface area contributed by atoms with E-state index in [4.69, 9.17) is 5.73 Å². The minimum absolute atomic E-state index is 0.268. The monoisotopic (exact) mass is 203 g/mol. The Bertz CT molecular complexity index is 168. The van der Waals surface area contributed by atoms with Crippen molar-refractivity contribution in [2.24, 2.45) is 10.7 Å². The van der Waals surface area contributed by atoms with Crippen molar-refractivity contribution in [2.75, 3.05) is 19.1 Å². The van der Waals surface area contributed by atoms with Gasteiger partial charge in [0.05, 0.1) is 0 Å². The molecule has 0 aliphatic rings. The Labute approximate surface area is 85.8 Å².